The second kappa shape index (κ2) is 6.68. The standard InChI is InChI=1S/C10H11BrN5O7P.Na/c11-9-13-3-6(14-10(12)15-7(3)18)16(9)8-4(17)5-2(22-8)1-21-24(19,20)23-5;/h2,4-5,8,17H,1H2,(H,19,20)(H3,12,14,15,18);/t2-,4-,5-,8-;/m1./s1. The van der Waals surface area contributed by atoms with E-state index in [2.05, 4.69) is 35.4 Å². The summed E-state index contributed by atoms with van der Waals surface area (Å²) < 4.78 is 28.2. The Balaban J connectivity index is 0.00000182. The minimum absolute atomic E-state index is 0. The molecule has 1 radical (unpaired) electrons. The second-order valence-corrected chi connectivity index (χ2v) is 7.38. The molecule has 5 atom stereocenters. The van der Waals surface area contributed by atoms with Gasteiger partial charge in [-0.2, -0.15) is 4.98 Å². The third kappa shape index (κ3) is 3.23. The van der Waals surface area contributed by atoms with E-state index in [9.17, 15) is 19.4 Å². The molecule has 2 aliphatic heterocycles. The first-order valence-corrected chi connectivity index (χ1v) is 8.98. The maximum absolute atomic E-state index is 11.9. The molecule has 12 nitrogen and oxygen atoms in total. The fourth-order valence-corrected chi connectivity index (χ4v) is 4.26. The van der Waals surface area contributed by atoms with Gasteiger partial charge in [0.25, 0.3) is 5.56 Å². The number of hydrogen-bond donors (Lipinski definition) is 4. The number of anilines is 1. The number of nitrogens with zero attached hydrogens (tertiary/aromatic N) is 3. The zero-order valence-corrected chi connectivity index (χ0v) is 17.2. The van der Waals surface area contributed by atoms with Crippen molar-refractivity contribution in [3.8, 4) is 0 Å². The topological polar surface area (TPSA) is 175 Å². The van der Waals surface area contributed by atoms with Gasteiger partial charge in [-0.25, -0.2) is 9.55 Å². The average molecular weight is 447 g/mol. The molecule has 0 bridgehead atoms. The molecule has 2 aromatic rings. The molecule has 5 N–H and O–H groups in total. The number of nitrogens with two attached hydrogens (primary N) is 1. The van der Waals surface area contributed by atoms with E-state index in [4.69, 9.17) is 15.0 Å². The number of aliphatic hydroxyl groups is 1. The number of nitrogens with one attached hydrogen (secondary N) is 1. The molecule has 0 saturated carbocycles. The van der Waals surface area contributed by atoms with Crippen LogP contribution in [0.15, 0.2) is 9.53 Å². The Morgan fingerprint density at radius 1 is 1.44 bits per heavy atom. The first-order chi connectivity index (χ1) is 11.3. The van der Waals surface area contributed by atoms with E-state index in [1.165, 1.54) is 4.57 Å². The van der Waals surface area contributed by atoms with Crippen molar-refractivity contribution in [2.45, 2.75) is 24.5 Å². The molecule has 2 aromatic heterocycles. The van der Waals surface area contributed by atoms with Gasteiger partial charge in [0.1, 0.15) is 18.3 Å². The van der Waals surface area contributed by atoms with Crippen molar-refractivity contribution in [1.82, 2.24) is 19.5 Å². The molecule has 2 saturated heterocycles. The van der Waals surface area contributed by atoms with Crippen molar-refractivity contribution in [1.29, 1.82) is 0 Å². The molecule has 131 valence electrons. The molecule has 4 rings (SSSR count). The first-order valence-electron chi connectivity index (χ1n) is 6.69. The first kappa shape index (κ1) is 19.4. The number of rotatable bonds is 1. The summed E-state index contributed by atoms with van der Waals surface area (Å²) in [6.07, 6.45) is -4.25. The summed E-state index contributed by atoms with van der Waals surface area (Å²) in [6.45, 7) is -0.230. The van der Waals surface area contributed by atoms with Gasteiger partial charge < -0.3 is 20.5 Å². The van der Waals surface area contributed by atoms with Crippen LogP contribution in [0.3, 0.4) is 0 Å². The number of imidazole rings is 1. The smallest absolute Gasteiger partial charge is 0.386 e. The van der Waals surface area contributed by atoms with Crippen LogP contribution >= 0.6 is 23.8 Å². The van der Waals surface area contributed by atoms with Crippen LogP contribution < -0.4 is 11.3 Å². The monoisotopic (exact) mass is 446 g/mol. The van der Waals surface area contributed by atoms with Crippen molar-refractivity contribution >= 4 is 70.4 Å². The van der Waals surface area contributed by atoms with Gasteiger partial charge in [0, 0.05) is 29.6 Å². The van der Waals surface area contributed by atoms with Gasteiger partial charge in [0.2, 0.25) is 5.95 Å². The zero-order chi connectivity index (χ0) is 17.2. The second-order valence-electron chi connectivity index (χ2n) is 5.26. The number of phosphoric ester groups is 1. The van der Waals surface area contributed by atoms with Crippen LogP contribution in [-0.4, -0.2) is 84.0 Å². The molecule has 2 fully saturated rings. The van der Waals surface area contributed by atoms with E-state index in [0.29, 0.717) is 0 Å². The van der Waals surface area contributed by atoms with E-state index in [-0.39, 0.29) is 58.0 Å². The number of aliphatic hydroxyl groups excluding tert-OH is 1. The summed E-state index contributed by atoms with van der Waals surface area (Å²) in [5.74, 6) is -0.134. The van der Waals surface area contributed by atoms with Crippen molar-refractivity contribution in [2.75, 3.05) is 12.3 Å². The maximum atomic E-state index is 11.9. The minimum atomic E-state index is -4.24. The van der Waals surface area contributed by atoms with Crippen molar-refractivity contribution in [3.05, 3.63) is 15.1 Å². The third-order valence-electron chi connectivity index (χ3n) is 3.75. The van der Waals surface area contributed by atoms with E-state index in [1.807, 2.05) is 0 Å². The van der Waals surface area contributed by atoms with Crippen molar-refractivity contribution < 1.29 is 28.3 Å². The van der Waals surface area contributed by atoms with Gasteiger partial charge in [-0.05, 0) is 15.9 Å². The van der Waals surface area contributed by atoms with Crippen LogP contribution in [0.4, 0.5) is 5.95 Å². The number of nitrogen functional groups attached to an aromatic ring is 1. The summed E-state index contributed by atoms with van der Waals surface area (Å²) in [6, 6.07) is 0. The van der Waals surface area contributed by atoms with Crippen LogP contribution in [0.1, 0.15) is 6.23 Å². The number of aromatic nitrogens is 4. The number of phosphoric acid groups is 1. The van der Waals surface area contributed by atoms with Crippen LogP contribution in [0, 0.1) is 0 Å². The Bertz CT molecular complexity index is 936. The van der Waals surface area contributed by atoms with Gasteiger partial charge in [0.05, 0.1) is 6.61 Å². The molecule has 15 heteroatoms. The third-order valence-corrected chi connectivity index (χ3v) is 5.29. The van der Waals surface area contributed by atoms with Crippen LogP contribution in [0.2, 0.25) is 0 Å². The molecule has 0 spiro atoms. The van der Waals surface area contributed by atoms with Crippen LogP contribution in [-0.2, 0) is 18.3 Å². The predicted octanol–water partition coefficient (Wildman–Crippen LogP) is -1.14. The van der Waals surface area contributed by atoms with Crippen molar-refractivity contribution in [2.24, 2.45) is 0 Å². The van der Waals surface area contributed by atoms with E-state index < -0.39 is 37.9 Å². The SMILES string of the molecule is Nc1nc2c(nc(Br)n2[C@@H]2O[C@@H]3COP(=O)(O)O[C@H]3[C@H]2O)c(=O)[nH]1.[Na]. The molecular weight excluding hydrogens is 436 g/mol. The van der Waals surface area contributed by atoms with Crippen LogP contribution in [0.5, 0.6) is 0 Å². The summed E-state index contributed by atoms with van der Waals surface area (Å²) >= 11 is 3.18. The van der Waals surface area contributed by atoms with E-state index >= 15 is 0 Å². The Morgan fingerprint density at radius 2 is 2.16 bits per heavy atom. The summed E-state index contributed by atoms with van der Waals surface area (Å²) in [7, 11) is -4.24. The zero-order valence-electron chi connectivity index (χ0n) is 12.7. The summed E-state index contributed by atoms with van der Waals surface area (Å²) in [5.41, 5.74) is 5.07. The number of aromatic amines is 1. The maximum Gasteiger partial charge on any atom is 0.472 e. The van der Waals surface area contributed by atoms with Gasteiger partial charge >= 0.3 is 7.82 Å². The minimum Gasteiger partial charge on any atom is -0.386 e. The van der Waals surface area contributed by atoms with Gasteiger partial charge in [-0.1, -0.05) is 0 Å². The molecule has 0 aromatic carbocycles. The fraction of sp³-hybridized carbons (Fsp3) is 0.500. The normalized spacial score (nSPS) is 34.7. The number of hydrogen-bond acceptors (Lipinski definition) is 9. The molecule has 25 heavy (non-hydrogen) atoms. The average Bonchev–Trinajstić information content (AvgIpc) is 2.96. The van der Waals surface area contributed by atoms with Gasteiger partial charge in [-0.15, -0.1) is 0 Å². The summed E-state index contributed by atoms with van der Waals surface area (Å²) in [4.78, 5) is 31.7. The molecule has 0 aliphatic carbocycles. The summed E-state index contributed by atoms with van der Waals surface area (Å²) in [5, 5.41) is 10.5. The largest absolute Gasteiger partial charge is 0.472 e. The molecular formula is C10H11BrN5NaO7P. The molecule has 4 heterocycles. The van der Waals surface area contributed by atoms with Gasteiger partial charge in [-0.3, -0.25) is 23.4 Å². The van der Waals surface area contributed by atoms with E-state index in [1.54, 1.807) is 0 Å². The number of H-pyrrole nitrogens is 1. The Labute approximate surface area is 169 Å². The Hall–Kier alpha value is -0.340. The van der Waals surface area contributed by atoms with Crippen molar-refractivity contribution in [3.63, 3.8) is 0 Å². The Morgan fingerprint density at radius 3 is 2.88 bits per heavy atom. The quantitative estimate of drug-likeness (QED) is 0.238. The molecule has 1 unspecified atom stereocenters. The van der Waals surface area contributed by atoms with Crippen LogP contribution in [0.25, 0.3) is 11.2 Å². The predicted molar refractivity (Wildman–Crippen MR) is 86.6 cm³/mol. The number of halogens is 1. The molecule has 0 amide bonds. The molecule has 2 aliphatic rings. The fourth-order valence-electron chi connectivity index (χ4n) is 2.75. The number of ether oxygens (including phenoxy) is 1. The number of fused-ring (bicyclic) bond motifs is 2. The Kier molecular flexibility index (Phi) is 5.19. The van der Waals surface area contributed by atoms with E-state index in [0.717, 1.165) is 0 Å². The van der Waals surface area contributed by atoms with Gasteiger partial charge in [0.15, 0.2) is 22.1 Å².